The minimum Gasteiger partial charge on any atom is -0.507 e. The number of amides is 1. The van der Waals surface area contributed by atoms with E-state index in [2.05, 4.69) is 0 Å². The van der Waals surface area contributed by atoms with E-state index in [1.54, 1.807) is 55.6 Å². The number of ether oxygens (including phenoxy) is 3. The lowest BCUT2D eigenvalue weighted by Crippen LogP contribution is -2.32. The van der Waals surface area contributed by atoms with Gasteiger partial charge < -0.3 is 24.2 Å². The molecule has 0 aromatic heterocycles. The molecule has 1 N–H and O–H groups in total. The lowest BCUT2D eigenvalue weighted by atomic mass is 9.95. The number of likely N-dealkylation sites (tertiary alicyclic amines) is 1. The molecule has 2 aromatic rings. The van der Waals surface area contributed by atoms with Crippen LogP contribution in [0.15, 0.2) is 54.1 Å². The second-order valence-electron chi connectivity index (χ2n) is 6.72. The van der Waals surface area contributed by atoms with Gasteiger partial charge in [0.15, 0.2) is 0 Å². The summed E-state index contributed by atoms with van der Waals surface area (Å²) in [6.07, 6.45) is 0. The highest BCUT2D eigenvalue weighted by atomic mass is 16.5. The van der Waals surface area contributed by atoms with E-state index in [1.807, 2.05) is 6.92 Å². The highest BCUT2D eigenvalue weighted by Gasteiger charge is 2.45. The number of rotatable bonds is 8. The van der Waals surface area contributed by atoms with Crippen LogP contribution in [0.5, 0.6) is 11.5 Å². The average molecular weight is 411 g/mol. The van der Waals surface area contributed by atoms with E-state index in [1.165, 1.54) is 12.0 Å². The molecule has 7 nitrogen and oxygen atoms in total. The van der Waals surface area contributed by atoms with Gasteiger partial charge in [-0.25, -0.2) is 0 Å². The lowest BCUT2D eigenvalue weighted by molar-refractivity contribution is -0.140. The molecule has 1 unspecified atom stereocenters. The quantitative estimate of drug-likeness (QED) is 0.408. The molecular weight excluding hydrogens is 386 g/mol. The molecule has 2 aromatic carbocycles. The summed E-state index contributed by atoms with van der Waals surface area (Å²) in [6.45, 7) is 2.83. The van der Waals surface area contributed by atoms with Crippen molar-refractivity contribution in [3.05, 3.63) is 65.2 Å². The number of aliphatic hydroxyl groups excluding tert-OH is 1. The Morgan fingerprint density at radius 3 is 2.43 bits per heavy atom. The van der Waals surface area contributed by atoms with Gasteiger partial charge in [-0.3, -0.25) is 9.59 Å². The summed E-state index contributed by atoms with van der Waals surface area (Å²) in [6, 6.07) is 13.1. The Bertz CT molecular complexity index is 950. The maximum absolute atomic E-state index is 12.9. The van der Waals surface area contributed by atoms with Gasteiger partial charge >= 0.3 is 0 Å². The molecule has 1 saturated heterocycles. The fourth-order valence-electron chi connectivity index (χ4n) is 3.49. The largest absolute Gasteiger partial charge is 0.507 e. The van der Waals surface area contributed by atoms with Crippen LogP contribution in [-0.4, -0.2) is 55.7 Å². The standard InChI is InChI=1S/C23H25NO6/c1-4-30-18-7-5-6-16(14-18)20-19(22(26)23(27)24(20)12-13-28-2)21(25)15-8-10-17(29-3)11-9-15/h5-11,14,20,25H,4,12-13H2,1-3H3/b21-19+. The molecule has 0 radical (unpaired) electrons. The molecule has 7 heteroatoms. The van der Waals surface area contributed by atoms with Crippen molar-refractivity contribution in [2.45, 2.75) is 13.0 Å². The van der Waals surface area contributed by atoms with Gasteiger partial charge in [0.2, 0.25) is 0 Å². The van der Waals surface area contributed by atoms with Crippen LogP contribution in [0, 0.1) is 0 Å². The van der Waals surface area contributed by atoms with E-state index in [9.17, 15) is 14.7 Å². The van der Waals surface area contributed by atoms with Crippen LogP contribution < -0.4 is 9.47 Å². The Morgan fingerprint density at radius 1 is 1.07 bits per heavy atom. The summed E-state index contributed by atoms with van der Waals surface area (Å²) in [5.41, 5.74) is 1.13. The van der Waals surface area contributed by atoms with Crippen molar-refractivity contribution < 1.29 is 28.9 Å². The van der Waals surface area contributed by atoms with Gasteiger partial charge in [-0.15, -0.1) is 0 Å². The summed E-state index contributed by atoms with van der Waals surface area (Å²) in [5.74, 6) is -0.396. The third-order valence-electron chi connectivity index (χ3n) is 4.92. The molecule has 30 heavy (non-hydrogen) atoms. The summed E-state index contributed by atoms with van der Waals surface area (Å²) in [7, 11) is 3.07. The minimum absolute atomic E-state index is 0.0370. The first-order valence-electron chi connectivity index (χ1n) is 9.66. The highest BCUT2D eigenvalue weighted by molar-refractivity contribution is 6.46. The Kier molecular flexibility index (Phi) is 6.74. The van der Waals surface area contributed by atoms with Gasteiger partial charge in [0, 0.05) is 19.2 Å². The number of methoxy groups -OCH3 is 2. The average Bonchev–Trinajstić information content (AvgIpc) is 3.02. The normalized spacial score (nSPS) is 18.0. The smallest absolute Gasteiger partial charge is 0.295 e. The number of hydrogen-bond donors (Lipinski definition) is 1. The number of carbonyl (C=O) groups excluding carboxylic acids is 2. The van der Waals surface area contributed by atoms with Gasteiger partial charge in [-0.1, -0.05) is 12.1 Å². The lowest BCUT2D eigenvalue weighted by Gasteiger charge is -2.25. The molecule has 0 bridgehead atoms. The van der Waals surface area contributed by atoms with Crippen LogP contribution in [0.25, 0.3) is 5.76 Å². The molecule has 1 fully saturated rings. The predicted octanol–water partition coefficient (Wildman–Crippen LogP) is 3.16. The monoisotopic (exact) mass is 411 g/mol. The number of benzene rings is 2. The van der Waals surface area contributed by atoms with Crippen molar-refractivity contribution in [2.24, 2.45) is 0 Å². The van der Waals surface area contributed by atoms with Crippen LogP contribution in [0.3, 0.4) is 0 Å². The first-order valence-corrected chi connectivity index (χ1v) is 9.66. The SMILES string of the molecule is CCOc1cccc(C2/C(=C(\O)c3ccc(OC)cc3)C(=O)C(=O)N2CCOC)c1. The molecule has 1 atom stereocenters. The highest BCUT2D eigenvalue weighted by Crippen LogP contribution is 2.40. The molecule has 1 heterocycles. The summed E-state index contributed by atoms with van der Waals surface area (Å²) < 4.78 is 15.8. The summed E-state index contributed by atoms with van der Waals surface area (Å²) in [4.78, 5) is 27.1. The number of aliphatic hydroxyl groups is 1. The van der Waals surface area contributed by atoms with Crippen molar-refractivity contribution in [1.29, 1.82) is 0 Å². The molecule has 3 rings (SSSR count). The molecule has 0 spiro atoms. The van der Waals surface area contributed by atoms with E-state index in [0.29, 0.717) is 29.2 Å². The van der Waals surface area contributed by atoms with E-state index in [-0.39, 0.29) is 24.5 Å². The predicted molar refractivity (Wildman–Crippen MR) is 111 cm³/mol. The van der Waals surface area contributed by atoms with Crippen LogP contribution in [0.2, 0.25) is 0 Å². The molecule has 1 amide bonds. The molecule has 158 valence electrons. The van der Waals surface area contributed by atoms with Crippen molar-refractivity contribution >= 4 is 17.4 Å². The number of carbonyl (C=O) groups is 2. The molecule has 1 aliphatic rings. The zero-order chi connectivity index (χ0) is 21.7. The number of ketones is 1. The second kappa shape index (κ2) is 9.45. The summed E-state index contributed by atoms with van der Waals surface area (Å²) >= 11 is 0. The molecule has 0 aliphatic carbocycles. The maximum Gasteiger partial charge on any atom is 0.295 e. The summed E-state index contributed by atoms with van der Waals surface area (Å²) in [5, 5.41) is 11.0. The van der Waals surface area contributed by atoms with E-state index in [4.69, 9.17) is 14.2 Å². The number of hydrogen-bond acceptors (Lipinski definition) is 6. The topological polar surface area (TPSA) is 85.3 Å². The third-order valence-corrected chi connectivity index (χ3v) is 4.92. The van der Waals surface area contributed by atoms with Crippen molar-refractivity contribution in [2.75, 3.05) is 34.0 Å². The maximum atomic E-state index is 12.9. The van der Waals surface area contributed by atoms with Crippen LogP contribution >= 0.6 is 0 Å². The van der Waals surface area contributed by atoms with Crippen molar-refractivity contribution in [1.82, 2.24) is 4.90 Å². The first kappa shape index (κ1) is 21.4. The van der Waals surface area contributed by atoms with Crippen LogP contribution in [0.1, 0.15) is 24.1 Å². The molecule has 1 aliphatic heterocycles. The number of Topliss-reactive ketones (excluding diaryl/α,β-unsaturated/α-hetero) is 1. The fourth-order valence-corrected chi connectivity index (χ4v) is 3.49. The van der Waals surface area contributed by atoms with E-state index >= 15 is 0 Å². The number of nitrogens with zero attached hydrogens (tertiary/aromatic N) is 1. The zero-order valence-electron chi connectivity index (χ0n) is 17.3. The second-order valence-corrected chi connectivity index (χ2v) is 6.72. The van der Waals surface area contributed by atoms with E-state index < -0.39 is 17.7 Å². The minimum atomic E-state index is -0.748. The van der Waals surface area contributed by atoms with Gasteiger partial charge in [0.05, 0.1) is 31.9 Å². The van der Waals surface area contributed by atoms with Crippen LogP contribution in [-0.2, 0) is 14.3 Å². The van der Waals surface area contributed by atoms with E-state index in [0.717, 1.165) is 0 Å². The fraction of sp³-hybridized carbons (Fsp3) is 0.304. The Hall–Kier alpha value is -3.32. The first-order chi connectivity index (χ1) is 14.5. The molecule has 0 saturated carbocycles. The Labute approximate surface area is 175 Å². The Morgan fingerprint density at radius 2 is 1.80 bits per heavy atom. The zero-order valence-corrected chi connectivity index (χ0v) is 17.3. The van der Waals surface area contributed by atoms with Crippen molar-refractivity contribution in [3.63, 3.8) is 0 Å². The van der Waals surface area contributed by atoms with Gasteiger partial charge in [-0.05, 0) is 48.9 Å². The Balaban J connectivity index is 2.13. The molecular formula is C23H25NO6. The van der Waals surface area contributed by atoms with Gasteiger partial charge in [-0.2, -0.15) is 0 Å². The van der Waals surface area contributed by atoms with Crippen molar-refractivity contribution in [3.8, 4) is 11.5 Å². The van der Waals surface area contributed by atoms with Gasteiger partial charge in [0.1, 0.15) is 17.3 Å². The van der Waals surface area contributed by atoms with Gasteiger partial charge in [0.25, 0.3) is 11.7 Å². The third kappa shape index (κ3) is 4.16. The van der Waals surface area contributed by atoms with Crippen LogP contribution in [0.4, 0.5) is 0 Å².